The van der Waals surface area contributed by atoms with E-state index in [9.17, 15) is 0 Å². The molecule has 0 N–H and O–H groups in total. The molecule has 0 bridgehead atoms. The summed E-state index contributed by atoms with van der Waals surface area (Å²) >= 11 is 17.9. The average Bonchev–Trinajstić information content (AvgIpc) is 2.34. The van der Waals surface area contributed by atoms with Crippen molar-refractivity contribution in [2.75, 3.05) is 0 Å². The van der Waals surface area contributed by atoms with Gasteiger partial charge in [-0.2, -0.15) is 0 Å². The van der Waals surface area contributed by atoms with Gasteiger partial charge in [-0.25, -0.2) is 4.99 Å². The Morgan fingerprint density at radius 2 is 1.65 bits per heavy atom. The van der Waals surface area contributed by atoms with Crippen LogP contribution in [0, 0.1) is 0 Å². The molecule has 2 aromatic carbocycles. The van der Waals surface area contributed by atoms with E-state index in [2.05, 4.69) is 4.99 Å². The zero-order chi connectivity index (χ0) is 12.3. The predicted octanol–water partition coefficient (Wildman–Crippen LogP) is 5.31. The van der Waals surface area contributed by atoms with Crippen LogP contribution < -0.4 is 0 Å². The molecule has 0 aromatic heterocycles. The van der Waals surface area contributed by atoms with E-state index in [0.29, 0.717) is 20.9 Å². The third-order valence-electron chi connectivity index (χ3n) is 2.14. The van der Waals surface area contributed by atoms with Crippen molar-refractivity contribution in [1.82, 2.24) is 0 Å². The van der Waals surface area contributed by atoms with Gasteiger partial charge in [0.05, 0.1) is 10.7 Å². The molecule has 1 nitrogen and oxygen atoms in total. The first-order valence-corrected chi connectivity index (χ1v) is 6.05. The Kier molecular flexibility index (Phi) is 4.06. The molecule has 0 amide bonds. The third-order valence-corrected chi connectivity index (χ3v) is 2.98. The first-order valence-electron chi connectivity index (χ1n) is 4.91. The number of aliphatic imine (C=N–C) groups is 1. The predicted molar refractivity (Wildman–Crippen MR) is 75.0 cm³/mol. The lowest BCUT2D eigenvalue weighted by atomic mass is 10.2. The normalized spacial score (nSPS) is 11.6. The van der Waals surface area contributed by atoms with Crippen molar-refractivity contribution in [1.29, 1.82) is 0 Å². The minimum absolute atomic E-state index is 0.398. The van der Waals surface area contributed by atoms with Crippen molar-refractivity contribution in [3.63, 3.8) is 0 Å². The second-order valence-corrected chi connectivity index (χ2v) is 4.57. The molecule has 0 aliphatic heterocycles. The topological polar surface area (TPSA) is 12.4 Å². The summed E-state index contributed by atoms with van der Waals surface area (Å²) in [4.78, 5) is 4.26. The molecule has 0 aliphatic carbocycles. The Morgan fingerprint density at radius 1 is 0.941 bits per heavy atom. The van der Waals surface area contributed by atoms with Crippen molar-refractivity contribution in [3.8, 4) is 0 Å². The lowest BCUT2D eigenvalue weighted by Crippen LogP contribution is -1.89. The minimum Gasteiger partial charge on any atom is -0.235 e. The van der Waals surface area contributed by atoms with Crippen molar-refractivity contribution in [3.05, 3.63) is 64.1 Å². The van der Waals surface area contributed by atoms with E-state index in [1.54, 1.807) is 18.2 Å². The summed E-state index contributed by atoms with van der Waals surface area (Å²) in [5.41, 5.74) is 1.45. The second-order valence-electron chi connectivity index (χ2n) is 3.36. The molecule has 0 atom stereocenters. The Bertz CT molecular complexity index is 550. The Balaban J connectivity index is 2.36. The maximum Gasteiger partial charge on any atom is 0.137 e. The number of nitrogens with zero attached hydrogens (tertiary/aromatic N) is 1. The highest BCUT2D eigenvalue weighted by molar-refractivity contribution is 6.69. The van der Waals surface area contributed by atoms with E-state index < -0.39 is 0 Å². The monoisotopic (exact) mass is 283 g/mol. The van der Waals surface area contributed by atoms with Gasteiger partial charge in [0.25, 0.3) is 0 Å². The zero-order valence-corrected chi connectivity index (χ0v) is 11.0. The molecule has 0 saturated carbocycles. The number of rotatable bonds is 2. The molecular formula is C13H8Cl3N. The van der Waals surface area contributed by atoms with E-state index >= 15 is 0 Å². The maximum atomic E-state index is 6.11. The van der Waals surface area contributed by atoms with Crippen LogP contribution in [-0.2, 0) is 0 Å². The fraction of sp³-hybridized carbons (Fsp3) is 0. The first kappa shape index (κ1) is 12.4. The Hall–Kier alpha value is -1.02. The fourth-order valence-electron chi connectivity index (χ4n) is 1.32. The van der Waals surface area contributed by atoms with Crippen molar-refractivity contribution in [2.45, 2.75) is 0 Å². The summed E-state index contributed by atoms with van der Waals surface area (Å²) in [7, 11) is 0. The summed E-state index contributed by atoms with van der Waals surface area (Å²) in [5.74, 6) is 0. The standard InChI is InChI=1S/C13H8Cl3N/c14-10-6-7-12(11(15)8-10)17-13(16)9-4-2-1-3-5-9/h1-8H. The molecule has 0 fully saturated rings. The number of hydrogen-bond acceptors (Lipinski definition) is 1. The highest BCUT2D eigenvalue weighted by Crippen LogP contribution is 2.28. The van der Waals surface area contributed by atoms with Gasteiger partial charge in [0.1, 0.15) is 5.17 Å². The highest BCUT2D eigenvalue weighted by atomic mass is 35.5. The van der Waals surface area contributed by atoms with Gasteiger partial charge in [0.15, 0.2) is 0 Å². The van der Waals surface area contributed by atoms with Crippen LogP contribution in [0.25, 0.3) is 0 Å². The average molecular weight is 285 g/mol. The first-order chi connectivity index (χ1) is 8.16. The van der Waals surface area contributed by atoms with Crippen LogP contribution in [0.3, 0.4) is 0 Å². The molecule has 2 rings (SSSR count). The van der Waals surface area contributed by atoms with Crippen LogP contribution in [0.2, 0.25) is 10.0 Å². The van der Waals surface area contributed by atoms with Gasteiger partial charge in [-0.05, 0) is 18.2 Å². The van der Waals surface area contributed by atoms with Crippen LogP contribution >= 0.6 is 34.8 Å². The van der Waals surface area contributed by atoms with Gasteiger partial charge in [0, 0.05) is 10.6 Å². The van der Waals surface area contributed by atoms with E-state index in [0.717, 1.165) is 5.56 Å². The molecule has 17 heavy (non-hydrogen) atoms. The van der Waals surface area contributed by atoms with Crippen LogP contribution in [-0.4, -0.2) is 5.17 Å². The van der Waals surface area contributed by atoms with Gasteiger partial charge in [-0.15, -0.1) is 0 Å². The quantitative estimate of drug-likeness (QED) is 0.663. The summed E-state index contributed by atoms with van der Waals surface area (Å²) in [5, 5.41) is 1.45. The molecule has 0 radical (unpaired) electrons. The minimum atomic E-state index is 0.398. The fourth-order valence-corrected chi connectivity index (χ4v) is 1.99. The zero-order valence-electron chi connectivity index (χ0n) is 8.70. The molecule has 0 heterocycles. The largest absolute Gasteiger partial charge is 0.235 e. The lowest BCUT2D eigenvalue weighted by molar-refractivity contribution is 1.52. The summed E-state index contributed by atoms with van der Waals surface area (Å²) < 4.78 is 0. The molecule has 4 heteroatoms. The Labute approximate surface area is 115 Å². The van der Waals surface area contributed by atoms with E-state index in [1.165, 1.54) is 0 Å². The maximum absolute atomic E-state index is 6.11. The van der Waals surface area contributed by atoms with E-state index in [4.69, 9.17) is 34.8 Å². The van der Waals surface area contributed by atoms with Gasteiger partial charge in [-0.1, -0.05) is 65.1 Å². The number of hydrogen-bond donors (Lipinski definition) is 0. The van der Waals surface area contributed by atoms with Gasteiger partial charge in [0.2, 0.25) is 0 Å². The number of benzene rings is 2. The second kappa shape index (κ2) is 5.54. The summed E-state index contributed by atoms with van der Waals surface area (Å²) in [6.45, 7) is 0. The van der Waals surface area contributed by atoms with Gasteiger partial charge >= 0.3 is 0 Å². The molecule has 0 unspecified atom stereocenters. The molecular weight excluding hydrogens is 277 g/mol. The van der Waals surface area contributed by atoms with Crippen LogP contribution in [0.1, 0.15) is 5.56 Å². The Morgan fingerprint density at radius 3 is 2.29 bits per heavy atom. The summed E-state index contributed by atoms with van der Waals surface area (Å²) in [6, 6.07) is 14.6. The molecule has 0 saturated heterocycles. The van der Waals surface area contributed by atoms with Gasteiger partial charge < -0.3 is 0 Å². The van der Waals surface area contributed by atoms with E-state index in [-0.39, 0.29) is 0 Å². The smallest absolute Gasteiger partial charge is 0.137 e. The molecule has 0 spiro atoms. The number of halogens is 3. The van der Waals surface area contributed by atoms with Crippen molar-refractivity contribution in [2.24, 2.45) is 4.99 Å². The highest BCUT2D eigenvalue weighted by Gasteiger charge is 2.03. The van der Waals surface area contributed by atoms with Crippen molar-refractivity contribution < 1.29 is 0 Å². The van der Waals surface area contributed by atoms with Gasteiger partial charge in [-0.3, -0.25) is 0 Å². The third kappa shape index (κ3) is 3.22. The summed E-state index contributed by atoms with van der Waals surface area (Å²) in [6.07, 6.45) is 0. The SMILES string of the molecule is ClC(=Nc1ccc(Cl)cc1Cl)c1ccccc1. The molecule has 2 aromatic rings. The molecule has 0 aliphatic rings. The van der Waals surface area contributed by atoms with Crippen LogP contribution in [0.4, 0.5) is 5.69 Å². The molecule has 86 valence electrons. The van der Waals surface area contributed by atoms with Crippen molar-refractivity contribution >= 4 is 45.7 Å². The van der Waals surface area contributed by atoms with E-state index in [1.807, 2.05) is 30.3 Å². The lowest BCUT2D eigenvalue weighted by Gasteiger charge is -2.01. The van der Waals surface area contributed by atoms with Crippen LogP contribution in [0.15, 0.2) is 53.5 Å². The van der Waals surface area contributed by atoms with Crippen LogP contribution in [0.5, 0.6) is 0 Å².